The summed E-state index contributed by atoms with van der Waals surface area (Å²) in [6.45, 7) is 11.5. The fourth-order valence-electron chi connectivity index (χ4n) is 3.25. The van der Waals surface area contributed by atoms with Crippen LogP contribution in [0.3, 0.4) is 0 Å². The van der Waals surface area contributed by atoms with Gasteiger partial charge in [-0.1, -0.05) is 72.4 Å². The summed E-state index contributed by atoms with van der Waals surface area (Å²) >= 11 is 0. The van der Waals surface area contributed by atoms with Crippen LogP contribution in [-0.2, 0) is 9.53 Å². The van der Waals surface area contributed by atoms with Crippen LogP contribution in [0.25, 0.3) is 0 Å². The van der Waals surface area contributed by atoms with Crippen LogP contribution in [0, 0.1) is 5.92 Å². The third-order valence-corrected chi connectivity index (χ3v) is 7.22. The molecule has 0 saturated heterocycles. The minimum Gasteiger partial charge on any atom is -0.469 e. The third kappa shape index (κ3) is 3.84. The van der Waals surface area contributed by atoms with E-state index in [1.54, 1.807) is 0 Å². The summed E-state index contributed by atoms with van der Waals surface area (Å²) in [6.07, 6.45) is 3.42. The summed E-state index contributed by atoms with van der Waals surface area (Å²) in [7, 11) is 0.0958. The van der Waals surface area contributed by atoms with E-state index in [2.05, 4.69) is 39.6 Å². The van der Waals surface area contributed by atoms with E-state index in [1.165, 1.54) is 23.5 Å². The molecule has 3 heteroatoms. The first-order chi connectivity index (χ1) is 10.8. The van der Waals surface area contributed by atoms with Crippen molar-refractivity contribution in [3.05, 3.63) is 58.3 Å². The Hall–Kier alpha value is -1.61. The molecule has 1 aromatic rings. The molecule has 0 fully saturated rings. The van der Waals surface area contributed by atoms with E-state index < -0.39 is 8.07 Å². The molecule has 0 N–H and O–H groups in total. The number of hydrogen-bond donors (Lipinski definition) is 0. The normalized spacial score (nSPS) is 20.1. The van der Waals surface area contributed by atoms with Crippen LogP contribution in [0.1, 0.15) is 31.7 Å². The van der Waals surface area contributed by atoms with Gasteiger partial charge < -0.3 is 4.74 Å². The Morgan fingerprint density at radius 3 is 2.30 bits per heavy atom. The SMILES string of the molecule is COC(=O)C(c1ccccc1)C1C=C([Si](C)(C)C)CC(C)=C1C. The predicted octanol–water partition coefficient (Wildman–Crippen LogP) is 5.10. The maximum Gasteiger partial charge on any atom is 0.314 e. The molecule has 2 unspecified atom stereocenters. The van der Waals surface area contributed by atoms with Crippen LogP contribution in [0.15, 0.2) is 52.8 Å². The second kappa shape index (κ2) is 6.87. The molecular formula is C20H28O2Si. The highest BCUT2D eigenvalue weighted by molar-refractivity contribution is 6.83. The van der Waals surface area contributed by atoms with Crippen molar-refractivity contribution in [3.8, 4) is 0 Å². The van der Waals surface area contributed by atoms with E-state index in [9.17, 15) is 4.79 Å². The number of carbonyl (C=O) groups excluding carboxylic acids is 1. The lowest BCUT2D eigenvalue weighted by Gasteiger charge is -2.33. The van der Waals surface area contributed by atoms with E-state index in [1.807, 2.05) is 30.3 Å². The summed E-state index contributed by atoms with van der Waals surface area (Å²) in [5.74, 6) is -0.315. The largest absolute Gasteiger partial charge is 0.469 e. The highest BCUT2D eigenvalue weighted by Crippen LogP contribution is 2.41. The van der Waals surface area contributed by atoms with Crippen LogP contribution in [0.5, 0.6) is 0 Å². The second-order valence-electron chi connectivity index (χ2n) is 7.52. The van der Waals surface area contributed by atoms with E-state index in [-0.39, 0.29) is 17.8 Å². The van der Waals surface area contributed by atoms with Crippen molar-refractivity contribution < 1.29 is 9.53 Å². The maximum absolute atomic E-state index is 12.6. The van der Waals surface area contributed by atoms with Crippen molar-refractivity contribution >= 4 is 14.0 Å². The average Bonchev–Trinajstić information content (AvgIpc) is 2.51. The minimum absolute atomic E-state index is 0.0975. The van der Waals surface area contributed by atoms with Crippen molar-refractivity contribution in [1.82, 2.24) is 0 Å². The molecule has 2 rings (SSSR count). The highest BCUT2D eigenvalue weighted by Gasteiger charge is 2.35. The number of methoxy groups -OCH3 is 1. The number of rotatable bonds is 4. The van der Waals surface area contributed by atoms with Crippen LogP contribution in [0.2, 0.25) is 19.6 Å². The smallest absolute Gasteiger partial charge is 0.314 e. The molecule has 0 amide bonds. The standard InChI is InChI=1S/C20H28O2Si/c1-14-12-17(23(4,5)6)13-18(15(14)2)19(20(21)22-3)16-10-8-7-9-11-16/h7-11,13,18-19H,12H2,1-6H3. The van der Waals surface area contributed by atoms with Gasteiger partial charge in [0.25, 0.3) is 0 Å². The fraction of sp³-hybridized carbons (Fsp3) is 0.450. The first-order valence-corrected chi connectivity index (χ1v) is 11.8. The van der Waals surface area contributed by atoms with Crippen LogP contribution >= 0.6 is 0 Å². The summed E-state index contributed by atoms with van der Waals surface area (Å²) in [5.41, 5.74) is 3.75. The van der Waals surface area contributed by atoms with Gasteiger partial charge >= 0.3 is 5.97 Å². The lowest BCUT2D eigenvalue weighted by molar-refractivity contribution is -0.143. The van der Waals surface area contributed by atoms with E-state index in [4.69, 9.17) is 4.74 Å². The molecule has 1 aliphatic carbocycles. The number of benzene rings is 1. The molecule has 1 aromatic carbocycles. The van der Waals surface area contributed by atoms with Gasteiger partial charge in [0.15, 0.2) is 0 Å². The van der Waals surface area contributed by atoms with Gasteiger partial charge in [0.2, 0.25) is 0 Å². The molecule has 2 atom stereocenters. The molecule has 0 heterocycles. The molecule has 2 nitrogen and oxygen atoms in total. The monoisotopic (exact) mass is 328 g/mol. The maximum atomic E-state index is 12.6. The van der Waals surface area contributed by atoms with Crippen molar-refractivity contribution in [1.29, 1.82) is 0 Å². The molecule has 124 valence electrons. The fourth-order valence-corrected chi connectivity index (χ4v) is 4.72. The number of allylic oxidation sites excluding steroid dienone is 4. The van der Waals surface area contributed by atoms with Crippen molar-refractivity contribution in [2.24, 2.45) is 5.92 Å². The molecule has 1 aliphatic rings. The van der Waals surface area contributed by atoms with Crippen LogP contribution < -0.4 is 0 Å². The van der Waals surface area contributed by atoms with Crippen LogP contribution in [-0.4, -0.2) is 21.2 Å². The Labute approximate surface area is 141 Å². The minimum atomic E-state index is -1.39. The van der Waals surface area contributed by atoms with Gasteiger partial charge in [-0.25, -0.2) is 0 Å². The van der Waals surface area contributed by atoms with Gasteiger partial charge in [-0.05, 0) is 25.8 Å². The van der Waals surface area contributed by atoms with Crippen molar-refractivity contribution in [3.63, 3.8) is 0 Å². The molecule has 0 spiro atoms. The third-order valence-electron chi connectivity index (χ3n) is 4.95. The molecule has 0 aliphatic heterocycles. The zero-order valence-corrected chi connectivity index (χ0v) is 16.1. The van der Waals surface area contributed by atoms with Gasteiger partial charge in [0, 0.05) is 5.92 Å². The number of hydrogen-bond acceptors (Lipinski definition) is 2. The molecule has 23 heavy (non-hydrogen) atoms. The first kappa shape index (κ1) is 17.7. The summed E-state index contributed by atoms with van der Waals surface area (Å²) in [5, 5.41) is 1.54. The van der Waals surface area contributed by atoms with Gasteiger partial charge in [-0.15, -0.1) is 0 Å². The van der Waals surface area contributed by atoms with E-state index in [0.29, 0.717) is 0 Å². The highest BCUT2D eigenvalue weighted by atomic mass is 28.3. The van der Waals surface area contributed by atoms with Gasteiger partial charge in [-0.3, -0.25) is 4.79 Å². The Morgan fingerprint density at radius 2 is 1.78 bits per heavy atom. The van der Waals surface area contributed by atoms with Crippen LogP contribution in [0.4, 0.5) is 0 Å². The van der Waals surface area contributed by atoms with Gasteiger partial charge in [0.05, 0.1) is 21.1 Å². The lowest BCUT2D eigenvalue weighted by Crippen LogP contribution is -2.31. The number of ether oxygens (including phenoxy) is 1. The Morgan fingerprint density at radius 1 is 1.17 bits per heavy atom. The second-order valence-corrected chi connectivity index (χ2v) is 12.7. The van der Waals surface area contributed by atoms with Gasteiger partial charge in [0.1, 0.15) is 0 Å². The summed E-state index contributed by atoms with van der Waals surface area (Å²) in [6, 6.07) is 10.0. The van der Waals surface area contributed by atoms with Gasteiger partial charge in [-0.2, -0.15) is 0 Å². The van der Waals surface area contributed by atoms with E-state index >= 15 is 0 Å². The Bertz CT molecular complexity index is 635. The Balaban J connectivity index is 2.53. The number of esters is 1. The topological polar surface area (TPSA) is 26.3 Å². The zero-order valence-electron chi connectivity index (χ0n) is 15.1. The molecule has 0 saturated carbocycles. The molecular weight excluding hydrogens is 300 g/mol. The average molecular weight is 329 g/mol. The molecule has 0 bridgehead atoms. The summed E-state index contributed by atoms with van der Waals surface area (Å²) in [4.78, 5) is 12.6. The molecule has 0 aromatic heterocycles. The zero-order chi connectivity index (χ0) is 17.2. The molecule has 0 radical (unpaired) electrons. The predicted molar refractivity (Wildman–Crippen MR) is 99.1 cm³/mol. The summed E-state index contributed by atoms with van der Waals surface area (Å²) < 4.78 is 5.14. The quantitative estimate of drug-likeness (QED) is 0.436. The number of carbonyl (C=O) groups is 1. The van der Waals surface area contributed by atoms with E-state index in [0.717, 1.165) is 12.0 Å². The lowest BCUT2D eigenvalue weighted by atomic mass is 9.77. The van der Waals surface area contributed by atoms with Crippen molar-refractivity contribution in [2.45, 2.75) is 45.8 Å². The Kier molecular flexibility index (Phi) is 5.30. The van der Waals surface area contributed by atoms with Crippen molar-refractivity contribution in [2.75, 3.05) is 7.11 Å². The first-order valence-electron chi connectivity index (χ1n) is 8.26.